The number of carboxylic acid groups (broad SMARTS) is 1. The van der Waals surface area contributed by atoms with Gasteiger partial charge in [0.25, 0.3) is 0 Å². The minimum atomic E-state index is -0.813. The van der Waals surface area contributed by atoms with Crippen LogP contribution in [0.2, 0.25) is 0 Å². The first-order chi connectivity index (χ1) is 14.1. The first-order valence-corrected chi connectivity index (χ1v) is 9.84. The summed E-state index contributed by atoms with van der Waals surface area (Å²) in [6.45, 7) is 11.8. The molecule has 5 heteroatoms. The summed E-state index contributed by atoms with van der Waals surface area (Å²) in [7, 11) is 0. The molecule has 0 bridgehead atoms. The molecule has 1 unspecified atom stereocenters. The highest BCUT2D eigenvalue weighted by atomic mass is 16.5. The Balaban J connectivity index is 1.57. The van der Waals surface area contributed by atoms with Crippen molar-refractivity contribution in [1.82, 2.24) is 5.32 Å². The predicted molar refractivity (Wildman–Crippen MR) is 117 cm³/mol. The summed E-state index contributed by atoms with van der Waals surface area (Å²) in [6.07, 6.45) is 2.02. The van der Waals surface area contributed by atoms with Crippen molar-refractivity contribution in [3.63, 3.8) is 0 Å². The average Bonchev–Trinajstić information content (AvgIpc) is 2.72. The van der Waals surface area contributed by atoms with Crippen LogP contribution in [0.1, 0.15) is 5.56 Å². The zero-order valence-corrected chi connectivity index (χ0v) is 16.6. The smallest absolute Gasteiger partial charge is 0.307 e. The van der Waals surface area contributed by atoms with Crippen LogP contribution in [-0.2, 0) is 16.0 Å². The van der Waals surface area contributed by atoms with E-state index in [1.54, 1.807) is 0 Å². The molecular formula is C24H28N2O3. The molecule has 1 heterocycles. The molecule has 2 N–H and O–H groups in total. The molecule has 1 saturated heterocycles. The van der Waals surface area contributed by atoms with Crippen molar-refractivity contribution in [1.29, 1.82) is 0 Å². The summed E-state index contributed by atoms with van der Waals surface area (Å²) in [4.78, 5) is 13.1. The maximum Gasteiger partial charge on any atom is 0.307 e. The number of hydrogen-bond acceptors (Lipinski definition) is 4. The molecule has 0 amide bonds. The molecule has 0 radical (unpaired) electrons. The Morgan fingerprint density at radius 3 is 2.69 bits per heavy atom. The van der Waals surface area contributed by atoms with E-state index in [2.05, 4.69) is 29.4 Å². The van der Waals surface area contributed by atoms with Crippen LogP contribution in [0.15, 0.2) is 61.2 Å². The second-order valence-electron chi connectivity index (χ2n) is 7.19. The largest absolute Gasteiger partial charge is 0.481 e. The highest BCUT2D eigenvalue weighted by Gasteiger charge is 2.20. The van der Waals surface area contributed by atoms with Crippen LogP contribution in [0.25, 0.3) is 12.2 Å². The number of carboxylic acids is 1. The third-order valence-corrected chi connectivity index (χ3v) is 5.09. The van der Waals surface area contributed by atoms with Gasteiger partial charge < -0.3 is 20.1 Å². The number of aliphatic carboxylic acids is 1. The van der Waals surface area contributed by atoms with Crippen molar-refractivity contribution >= 4 is 23.8 Å². The molecule has 2 aromatic rings. The molecular weight excluding hydrogens is 364 g/mol. The monoisotopic (exact) mass is 392 g/mol. The maximum absolute atomic E-state index is 10.8. The molecule has 5 nitrogen and oxygen atoms in total. The fraction of sp³-hybridized carbons (Fsp3) is 0.292. The van der Waals surface area contributed by atoms with Gasteiger partial charge >= 0.3 is 5.97 Å². The number of benzene rings is 2. The number of nitrogens with zero attached hydrogens (tertiary/aromatic N) is 1. The van der Waals surface area contributed by atoms with Crippen molar-refractivity contribution < 1.29 is 14.6 Å². The second-order valence-corrected chi connectivity index (χ2v) is 7.19. The maximum atomic E-state index is 10.8. The van der Waals surface area contributed by atoms with E-state index in [4.69, 9.17) is 9.84 Å². The summed E-state index contributed by atoms with van der Waals surface area (Å²) in [5.74, 6) is -0.813. The van der Waals surface area contributed by atoms with E-state index in [1.165, 1.54) is 0 Å². The number of carbonyl (C=O) groups is 1. The van der Waals surface area contributed by atoms with Crippen LogP contribution >= 0.6 is 0 Å². The van der Waals surface area contributed by atoms with Gasteiger partial charge in [0.05, 0.1) is 19.1 Å². The lowest BCUT2D eigenvalue weighted by molar-refractivity contribution is -0.136. The van der Waals surface area contributed by atoms with E-state index in [1.807, 2.05) is 48.5 Å². The van der Waals surface area contributed by atoms with Crippen LogP contribution in [0, 0.1) is 0 Å². The van der Waals surface area contributed by atoms with Crippen LogP contribution in [-0.4, -0.2) is 50.0 Å². The van der Waals surface area contributed by atoms with Gasteiger partial charge in [0.1, 0.15) is 0 Å². The van der Waals surface area contributed by atoms with Gasteiger partial charge in [-0.1, -0.05) is 55.6 Å². The summed E-state index contributed by atoms with van der Waals surface area (Å²) < 4.78 is 5.92. The van der Waals surface area contributed by atoms with Crippen LogP contribution in [0.4, 0.5) is 5.69 Å². The van der Waals surface area contributed by atoms with Gasteiger partial charge in [-0.15, -0.1) is 0 Å². The molecule has 0 saturated carbocycles. The molecule has 152 valence electrons. The lowest BCUT2D eigenvalue weighted by atomic mass is 10.1. The van der Waals surface area contributed by atoms with Crippen LogP contribution in [0.3, 0.4) is 0 Å². The van der Waals surface area contributed by atoms with Gasteiger partial charge in [0, 0.05) is 31.9 Å². The molecule has 3 rings (SSSR count). The number of ether oxygens (including phenoxy) is 1. The number of nitrogens with one attached hydrogen (secondary N) is 1. The molecule has 0 spiro atoms. The zero-order valence-electron chi connectivity index (χ0n) is 16.6. The van der Waals surface area contributed by atoms with Crippen molar-refractivity contribution in [2.24, 2.45) is 0 Å². The van der Waals surface area contributed by atoms with E-state index in [0.717, 1.165) is 46.9 Å². The normalized spacial score (nSPS) is 17.7. The average molecular weight is 392 g/mol. The molecule has 1 atom stereocenters. The predicted octanol–water partition coefficient (Wildman–Crippen LogP) is 1.56. The summed E-state index contributed by atoms with van der Waals surface area (Å²) >= 11 is 0. The SMILES string of the molecule is C=C/C(CNCC1CN(c2ccc(CC(=O)O)cc2)CCO1)=c1/ccccc1=C. The Labute approximate surface area is 171 Å². The number of hydrogen-bond donors (Lipinski definition) is 2. The lowest BCUT2D eigenvalue weighted by Crippen LogP contribution is -2.47. The first-order valence-electron chi connectivity index (χ1n) is 9.84. The minimum Gasteiger partial charge on any atom is -0.481 e. The minimum absolute atomic E-state index is 0.0501. The van der Waals surface area contributed by atoms with Gasteiger partial charge in [0.2, 0.25) is 0 Å². The lowest BCUT2D eigenvalue weighted by Gasteiger charge is -2.34. The number of anilines is 1. The van der Waals surface area contributed by atoms with Gasteiger partial charge in [-0.2, -0.15) is 0 Å². The third-order valence-electron chi connectivity index (χ3n) is 5.09. The van der Waals surface area contributed by atoms with Crippen molar-refractivity contribution in [3.05, 3.63) is 77.2 Å². The fourth-order valence-electron chi connectivity index (χ4n) is 3.56. The fourth-order valence-corrected chi connectivity index (χ4v) is 3.56. The van der Waals surface area contributed by atoms with Gasteiger partial charge in [-0.05, 0) is 33.7 Å². The quantitative estimate of drug-likeness (QED) is 0.714. The Morgan fingerprint density at radius 2 is 2.00 bits per heavy atom. The van der Waals surface area contributed by atoms with E-state index >= 15 is 0 Å². The summed E-state index contributed by atoms with van der Waals surface area (Å²) in [6, 6.07) is 15.8. The van der Waals surface area contributed by atoms with E-state index < -0.39 is 5.97 Å². The summed E-state index contributed by atoms with van der Waals surface area (Å²) in [5, 5.41) is 14.5. The molecule has 2 aromatic carbocycles. The van der Waals surface area contributed by atoms with Gasteiger partial charge in [-0.25, -0.2) is 0 Å². The van der Waals surface area contributed by atoms with Crippen molar-refractivity contribution in [2.75, 3.05) is 37.7 Å². The molecule has 1 aliphatic rings. The molecule has 29 heavy (non-hydrogen) atoms. The Bertz CT molecular complexity index is 953. The van der Waals surface area contributed by atoms with Gasteiger partial charge in [-0.3, -0.25) is 4.79 Å². The van der Waals surface area contributed by atoms with Gasteiger partial charge in [0.15, 0.2) is 0 Å². The zero-order chi connectivity index (χ0) is 20.6. The van der Waals surface area contributed by atoms with E-state index in [9.17, 15) is 4.79 Å². The molecule has 1 fully saturated rings. The van der Waals surface area contributed by atoms with Crippen molar-refractivity contribution in [3.8, 4) is 0 Å². The first kappa shape index (κ1) is 20.8. The van der Waals surface area contributed by atoms with Crippen LogP contribution < -0.4 is 20.7 Å². The topological polar surface area (TPSA) is 61.8 Å². The summed E-state index contributed by atoms with van der Waals surface area (Å²) in [5.41, 5.74) is 3.03. The molecule has 0 aliphatic carbocycles. The number of morpholine rings is 1. The molecule has 1 aliphatic heterocycles. The standard InChI is InChI=1S/C24H28N2O3/c1-3-20(23-7-5-4-6-18(23)2)15-25-16-22-17-26(12-13-29-22)21-10-8-19(9-11-21)14-24(27)28/h3-11,22,25H,1-2,12-17H2,(H,27,28)/b23-20+. The van der Waals surface area contributed by atoms with Crippen LogP contribution in [0.5, 0.6) is 0 Å². The third kappa shape index (κ3) is 5.79. The number of rotatable bonds is 8. The highest BCUT2D eigenvalue weighted by Crippen LogP contribution is 2.18. The highest BCUT2D eigenvalue weighted by molar-refractivity contribution is 5.70. The Hall–Kier alpha value is -2.89. The van der Waals surface area contributed by atoms with Crippen molar-refractivity contribution in [2.45, 2.75) is 12.5 Å². The Morgan fingerprint density at radius 1 is 1.24 bits per heavy atom. The Kier molecular flexibility index (Phi) is 7.22. The van der Waals surface area contributed by atoms with E-state index in [0.29, 0.717) is 13.2 Å². The molecule has 0 aromatic heterocycles. The second kappa shape index (κ2) is 10.0. The van der Waals surface area contributed by atoms with E-state index in [-0.39, 0.29) is 12.5 Å².